The highest BCUT2D eigenvalue weighted by Gasteiger charge is 2.42. The third kappa shape index (κ3) is 6.42. The van der Waals surface area contributed by atoms with E-state index in [4.69, 9.17) is 0 Å². The van der Waals surface area contributed by atoms with E-state index in [1.54, 1.807) is 17.9 Å². The predicted octanol–water partition coefficient (Wildman–Crippen LogP) is 7.30. The molecule has 0 bridgehead atoms. The van der Waals surface area contributed by atoms with Crippen molar-refractivity contribution in [3.05, 3.63) is 70.0 Å². The van der Waals surface area contributed by atoms with Crippen molar-refractivity contribution in [2.45, 2.75) is 51.6 Å². The van der Waals surface area contributed by atoms with E-state index in [-0.39, 0.29) is 17.5 Å². The van der Waals surface area contributed by atoms with E-state index in [9.17, 15) is 35.5 Å². The molecule has 210 valence electrons. The van der Waals surface area contributed by atoms with Crippen LogP contribution in [0.1, 0.15) is 60.2 Å². The summed E-state index contributed by atoms with van der Waals surface area (Å²) in [6.07, 6.45) is -9.34. The summed E-state index contributed by atoms with van der Waals surface area (Å²) in [7, 11) is 3.31. The number of carbonyl (C=O) groups is 1. The Kier molecular flexibility index (Phi) is 8.70. The molecule has 3 atom stereocenters. The first-order valence-electron chi connectivity index (χ1n) is 12.3. The molecule has 3 unspecified atom stereocenters. The Balaban J connectivity index is 1.98. The van der Waals surface area contributed by atoms with E-state index in [0.29, 0.717) is 37.2 Å². The minimum Gasteiger partial charge on any atom is -0.321 e. The zero-order valence-electron chi connectivity index (χ0n) is 21.9. The monoisotopic (exact) mass is 547 g/mol. The van der Waals surface area contributed by atoms with Crippen molar-refractivity contribution in [2.75, 3.05) is 33.7 Å². The SMILES string of the molecule is CCN(C)CC1CCN(C(=O)N(C)C(C)c2cc(C(F)(F)F)cc(C(F)(F)F)c2)C1c1ccc(F)cc1C. The van der Waals surface area contributed by atoms with E-state index in [1.165, 1.54) is 26.1 Å². The molecule has 38 heavy (non-hydrogen) atoms. The Morgan fingerprint density at radius 1 is 1.03 bits per heavy atom. The zero-order valence-corrected chi connectivity index (χ0v) is 21.9. The quantitative estimate of drug-likeness (QED) is 0.355. The molecule has 1 aliphatic heterocycles. The lowest BCUT2D eigenvalue weighted by molar-refractivity contribution is -0.143. The molecule has 2 amide bonds. The van der Waals surface area contributed by atoms with E-state index in [2.05, 4.69) is 4.90 Å². The fraction of sp³-hybridized carbons (Fsp3) is 0.519. The van der Waals surface area contributed by atoms with Crippen LogP contribution >= 0.6 is 0 Å². The normalized spacial score (nSPS) is 19.2. The van der Waals surface area contributed by atoms with Gasteiger partial charge in [-0.15, -0.1) is 0 Å². The van der Waals surface area contributed by atoms with Gasteiger partial charge in [-0.3, -0.25) is 0 Å². The van der Waals surface area contributed by atoms with Crippen LogP contribution in [0.25, 0.3) is 0 Å². The van der Waals surface area contributed by atoms with Gasteiger partial charge in [-0.05, 0) is 86.8 Å². The van der Waals surface area contributed by atoms with Crippen molar-refractivity contribution >= 4 is 6.03 Å². The van der Waals surface area contributed by atoms with Crippen LogP contribution in [-0.2, 0) is 12.4 Å². The summed E-state index contributed by atoms with van der Waals surface area (Å²) >= 11 is 0. The summed E-state index contributed by atoms with van der Waals surface area (Å²) < 4.78 is 94.2. The topological polar surface area (TPSA) is 26.8 Å². The summed E-state index contributed by atoms with van der Waals surface area (Å²) in [6, 6.07) is 3.65. The average molecular weight is 548 g/mol. The van der Waals surface area contributed by atoms with E-state index < -0.39 is 47.4 Å². The van der Waals surface area contributed by atoms with E-state index in [0.717, 1.165) is 17.0 Å². The van der Waals surface area contributed by atoms with Gasteiger partial charge in [0, 0.05) is 20.1 Å². The van der Waals surface area contributed by atoms with Crippen molar-refractivity contribution in [1.29, 1.82) is 0 Å². The first-order chi connectivity index (χ1) is 17.5. The van der Waals surface area contributed by atoms with Gasteiger partial charge in [-0.25, -0.2) is 9.18 Å². The van der Waals surface area contributed by atoms with Crippen LogP contribution in [0.5, 0.6) is 0 Å². The number of likely N-dealkylation sites (tertiary alicyclic amines) is 1. The maximum absolute atomic E-state index is 13.8. The van der Waals surface area contributed by atoms with Crippen molar-refractivity contribution in [3.63, 3.8) is 0 Å². The molecule has 0 N–H and O–H groups in total. The highest BCUT2D eigenvalue weighted by atomic mass is 19.4. The summed E-state index contributed by atoms with van der Waals surface area (Å²) in [5.41, 5.74) is -1.73. The van der Waals surface area contributed by atoms with Crippen molar-refractivity contribution in [1.82, 2.24) is 14.7 Å². The molecule has 0 radical (unpaired) electrons. The van der Waals surface area contributed by atoms with Gasteiger partial charge in [0.1, 0.15) is 5.82 Å². The third-order valence-corrected chi connectivity index (χ3v) is 7.38. The number of rotatable bonds is 6. The summed E-state index contributed by atoms with van der Waals surface area (Å²) in [5.74, 6) is -0.415. The highest BCUT2D eigenvalue weighted by molar-refractivity contribution is 5.76. The van der Waals surface area contributed by atoms with Gasteiger partial charge in [0.05, 0.1) is 23.2 Å². The first-order valence-corrected chi connectivity index (χ1v) is 12.3. The molecule has 4 nitrogen and oxygen atoms in total. The third-order valence-electron chi connectivity index (χ3n) is 7.38. The smallest absolute Gasteiger partial charge is 0.321 e. The van der Waals surface area contributed by atoms with Crippen LogP contribution in [0.15, 0.2) is 36.4 Å². The molecule has 1 fully saturated rings. The number of amides is 2. The number of hydrogen-bond acceptors (Lipinski definition) is 2. The number of urea groups is 1. The van der Waals surface area contributed by atoms with Gasteiger partial charge < -0.3 is 14.7 Å². The predicted molar refractivity (Wildman–Crippen MR) is 130 cm³/mol. The number of halogens is 7. The van der Waals surface area contributed by atoms with Crippen LogP contribution in [0.4, 0.5) is 35.5 Å². The average Bonchev–Trinajstić information content (AvgIpc) is 3.24. The molecule has 1 saturated heterocycles. The van der Waals surface area contributed by atoms with E-state index in [1.807, 2.05) is 14.0 Å². The van der Waals surface area contributed by atoms with Crippen LogP contribution in [0, 0.1) is 18.7 Å². The maximum Gasteiger partial charge on any atom is 0.416 e. The van der Waals surface area contributed by atoms with E-state index >= 15 is 0 Å². The number of hydrogen-bond donors (Lipinski definition) is 0. The molecule has 0 saturated carbocycles. The van der Waals surface area contributed by atoms with Crippen molar-refractivity contribution in [3.8, 4) is 0 Å². The molecular weight excluding hydrogens is 515 g/mol. The second kappa shape index (κ2) is 11.1. The van der Waals surface area contributed by atoms with Crippen LogP contribution in [-0.4, -0.2) is 54.5 Å². The minimum absolute atomic E-state index is 0.00200. The molecule has 0 aromatic heterocycles. The Morgan fingerprint density at radius 3 is 2.11 bits per heavy atom. The molecule has 0 spiro atoms. The summed E-state index contributed by atoms with van der Waals surface area (Å²) in [4.78, 5) is 18.5. The Labute approximate surface area is 218 Å². The van der Waals surface area contributed by atoms with Crippen LogP contribution < -0.4 is 0 Å². The lowest BCUT2D eigenvalue weighted by Gasteiger charge is -2.36. The lowest BCUT2D eigenvalue weighted by atomic mass is 9.90. The largest absolute Gasteiger partial charge is 0.416 e. The second-order valence-corrected chi connectivity index (χ2v) is 9.95. The second-order valence-electron chi connectivity index (χ2n) is 9.95. The molecule has 3 rings (SSSR count). The fourth-order valence-corrected chi connectivity index (χ4v) is 5.00. The van der Waals surface area contributed by atoms with Gasteiger partial charge in [0.2, 0.25) is 0 Å². The fourth-order valence-electron chi connectivity index (χ4n) is 5.00. The summed E-state index contributed by atoms with van der Waals surface area (Å²) in [6.45, 7) is 6.90. The molecule has 2 aromatic rings. The highest BCUT2D eigenvalue weighted by Crippen LogP contribution is 2.42. The van der Waals surface area contributed by atoms with Crippen molar-refractivity contribution < 1.29 is 35.5 Å². The zero-order chi connectivity index (χ0) is 28.6. The lowest BCUT2D eigenvalue weighted by Crippen LogP contribution is -2.43. The van der Waals surface area contributed by atoms with Crippen molar-refractivity contribution in [2.24, 2.45) is 5.92 Å². The maximum atomic E-state index is 13.8. The Bertz CT molecular complexity index is 1120. The van der Waals surface area contributed by atoms with Gasteiger partial charge in [0.15, 0.2) is 0 Å². The van der Waals surface area contributed by atoms with Crippen LogP contribution in [0.2, 0.25) is 0 Å². The molecule has 11 heteroatoms. The van der Waals surface area contributed by atoms with Gasteiger partial charge in [0.25, 0.3) is 0 Å². The van der Waals surface area contributed by atoms with Gasteiger partial charge >= 0.3 is 18.4 Å². The Morgan fingerprint density at radius 2 is 1.61 bits per heavy atom. The summed E-state index contributed by atoms with van der Waals surface area (Å²) in [5, 5.41) is 0. The molecule has 1 aliphatic rings. The minimum atomic E-state index is -4.99. The Hall–Kier alpha value is -2.82. The standard InChI is InChI=1S/C27H32F7N3O/c1-6-35(4)15-18-9-10-37(24(18)23-8-7-22(28)11-16(23)2)25(38)36(5)17(3)19-12-20(26(29,30)31)14-21(13-19)27(32,33)34/h7-8,11-14,17-18,24H,6,9-10,15H2,1-5H3. The number of aryl methyl sites for hydroxylation is 1. The van der Waals surface area contributed by atoms with Crippen LogP contribution in [0.3, 0.4) is 0 Å². The number of alkyl halides is 6. The molecule has 0 aliphatic carbocycles. The van der Waals surface area contributed by atoms with Gasteiger partial charge in [-0.2, -0.15) is 26.3 Å². The molecular formula is C27H32F7N3O. The number of nitrogens with zero attached hydrogens (tertiary/aromatic N) is 3. The number of benzene rings is 2. The molecule has 2 aromatic carbocycles. The van der Waals surface area contributed by atoms with Gasteiger partial charge in [-0.1, -0.05) is 13.0 Å². The number of carbonyl (C=O) groups excluding carboxylic acids is 1. The molecule has 1 heterocycles. The first kappa shape index (κ1) is 29.7.